The molecule has 0 aromatic carbocycles. The highest BCUT2D eigenvalue weighted by Gasteiger charge is 1.97. The number of nitrogens with one attached hydrogen (secondary N) is 2. The molecular weight excluding hydrogens is 176 g/mol. The van der Waals surface area contributed by atoms with E-state index in [9.17, 15) is 0 Å². The molecule has 1 aromatic rings. The molecule has 5 heteroatoms. The van der Waals surface area contributed by atoms with Gasteiger partial charge in [-0.05, 0) is 0 Å². The number of hydrazine groups is 1. The molecule has 0 radical (unpaired) electrons. The maximum absolute atomic E-state index is 5.63. The highest BCUT2D eigenvalue weighted by molar-refractivity contribution is 6.31. The van der Waals surface area contributed by atoms with Crippen molar-refractivity contribution in [1.82, 2.24) is 15.4 Å². The molecule has 0 bridgehead atoms. The zero-order chi connectivity index (χ0) is 9.40. The van der Waals surface area contributed by atoms with E-state index in [1.165, 1.54) is 6.20 Å². The van der Waals surface area contributed by atoms with E-state index < -0.39 is 0 Å². The third-order valence-corrected chi connectivity index (χ3v) is 1.17. The molecule has 68 valence electrons. The fourth-order valence-corrected chi connectivity index (χ4v) is 0.676. The summed E-state index contributed by atoms with van der Waals surface area (Å²) in [5, 5.41) is 0.358. The lowest BCUT2D eigenvalue weighted by atomic mass is 10.7. The Morgan fingerprint density at radius 2 is 1.83 bits per heavy atom. The predicted octanol–water partition coefficient (Wildman–Crippen LogP) is 1.70. The molecule has 1 rings (SSSR count). The van der Waals surface area contributed by atoms with Crippen LogP contribution in [0.15, 0.2) is 12.4 Å². The molecule has 0 aliphatic heterocycles. The van der Waals surface area contributed by atoms with Crippen LogP contribution in [0.25, 0.3) is 0 Å². The molecule has 0 aliphatic rings. The van der Waals surface area contributed by atoms with E-state index in [4.69, 9.17) is 11.6 Å². The molecule has 4 nitrogen and oxygen atoms in total. The molecule has 0 amide bonds. The topological polar surface area (TPSA) is 49.8 Å². The Labute approximate surface area is 77.3 Å². The monoisotopic (exact) mass is 188 g/mol. The van der Waals surface area contributed by atoms with Crippen LogP contribution in [0.1, 0.15) is 13.8 Å². The van der Waals surface area contributed by atoms with Crippen molar-refractivity contribution >= 4 is 17.4 Å². The fourth-order valence-electron chi connectivity index (χ4n) is 0.523. The number of anilines is 1. The van der Waals surface area contributed by atoms with Gasteiger partial charge in [0, 0.05) is 19.4 Å². The summed E-state index contributed by atoms with van der Waals surface area (Å²) in [6, 6.07) is 0. The summed E-state index contributed by atoms with van der Waals surface area (Å²) in [6.45, 7) is 4.00. The van der Waals surface area contributed by atoms with Gasteiger partial charge in [-0.15, -0.1) is 0 Å². The van der Waals surface area contributed by atoms with Crippen LogP contribution in [0, 0.1) is 0 Å². The minimum absolute atomic E-state index is 0.358. The van der Waals surface area contributed by atoms with Crippen molar-refractivity contribution in [1.29, 1.82) is 0 Å². The lowest BCUT2D eigenvalue weighted by Crippen LogP contribution is -2.16. The number of hydrogen-bond donors (Lipinski definition) is 2. The van der Waals surface area contributed by atoms with Crippen molar-refractivity contribution in [2.45, 2.75) is 13.8 Å². The summed E-state index contributed by atoms with van der Waals surface area (Å²) >= 11 is 5.63. The summed E-state index contributed by atoms with van der Waals surface area (Å²) in [5.41, 5.74) is 5.41. The third-order valence-electron chi connectivity index (χ3n) is 0.897. The maximum atomic E-state index is 5.63. The average Bonchev–Trinajstić information content (AvgIpc) is 2.13. The Bertz CT molecular complexity index is 216. The highest BCUT2D eigenvalue weighted by Crippen LogP contribution is 2.11. The van der Waals surface area contributed by atoms with E-state index in [-0.39, 0.29) is 0 Å². The number of aromatic nitrogens is 2. The van der Waals surface area contributed by atoms with Gasteiger partial charge in [0.2, 0.25) is 0 Å². The molecule has 0 atom stereocenters. The van der Waals surface area contributed by atoms with Crippen molar-refractivity contribution in [2.24, 2.45) is 0 Å². The molecule has 0 unspecified atom stereocenters. The lowest BCUT2D eigenvalue weighted by Gasteiger charge is -2.01. The summed E-state index contributed by atoms with van der Waals surface area (Å²) in [6.07, 6.45) is 3.09. The van der Waals surface area contributed by atoms with E-state index in [0.29, 0.717) is 11.0 Å². The van der Waals surface area contributed by atoms with E-state index >= 15 is 0 Å². The molecule has 0 aliphatic carbocycles. The normalized spacial score (nSPS) is 8.33. The van der Waals surface area contributed by atoms with Crippen LogP contribution >= 0.6 is 11.6 Å². The van der Waals surface area contributed by atoms with Gasteiger partial charge in [-0.2, -0.15) is 0 Å². The first kappa shape index (κ1) is 11.1. The van der Waals surface area contributed by atoms with Crippen LogP contribution in [-0.4, -0.2) is 17.0 Å². The fraction of sp³-hybridized carbons (Fsp3) is 0.429. The van der Waals surface area contributed by atoms with E-state index in [2.05, 4.69) is 20.8 Å². The summed E-state index contributed by atoms with van der Waals surface area (Å²) in [5.74, 6) is 0.534. The summed E-state index contributed by atoms with van der Waals surface area (Å²) in [4.78, 5) is 7.70. The Morgan fingerprint density at radius 1 is 1.25 bits per heavy atom. The van der Waals surface area contributed by atoms with Gasteiger partial charge in [-0.3, -0.25) is 0 Å². The summed E-state index contributed by atoms with van der Waals surface area (Å²) in [7, 11) is 1.73. The van der Waals surface area contributed by atoms with Gasteiger partial charge in [0.25, 0.3) is 0 Å². The standard InChI is InChI=1S/C5H7ClN4.C2H6/c1-7-10-5-4(6)8-2-3-9-5;1-2/h2-3,7H,1H3,(H,9,10);1-2H3. The lowest BCUT2D eigenvalue weighted by molar-refractivity contribution is 0.958. The Kier molecular flexibility index (Phi) is 6.32. The number of hydrogen-bond acceptors (Lipinski definition) is 4. The van der Waals surface area contributed by atoms with Gasteiger partial charge < -0.3 is 5.43 Å². The molecule has 2 N–H and O–H groups in total. The quantitative estimate of drug-likeness (QED) is 0.694. The van der Waals surface area contributed by atoms with Crippen molar-refractivity contribution in [3.05, 3.63) is 17.5 Å². The summed E-state index contributed by atoms with van der Waals surface area (Å²) < 4.78 is 0. The first-order valence-electron chi connectivity index (χ1n) is 3.74. The van der Waals surface area contributed by atoms with Crippen LogP contribution in [0.2, 0.25) is 5.15 Å². The van der Waals surface area contributed by atoms with Crippen molar-refractivity contribution in [2.75, 3.05) is 12.5 Å². The molecule has 0 saturated carbocycles. The average molecular weight is 189 g/mol. The van der Waals surface area contributed by atoms with Gasteiger partial charge in [-0.25, -0.2) is 15.4 Å². The van der Waals surface area contributed by atoms with Crippen LogP contribution in [0.5, 0.6) is 0 Å². The second-order valence-corrected chi connectivity index (χ2v) is 1.93. The van der Waals surface area contributed by atoms with Crippen LogP contribution < -0.4 is 10.9 Å². The van der Waals surface area contributed by atoms with Gasteiger partial charge in [0.05, 0.1) is 0 Å². The maximum Gasteiger partial charge on any atom is 0.178 e. The third kappa shape index (κ3) is 3.50. The molecule has 1 aromatic heterocycles. The predicted molar refractivity (Wildman–Crippen MR) is 51.1 cm³/mol. The number of nitrogens with zero attached hydrogens (tertiary/aromatic N) is 2. The first-order chi connectivity index (χ1) is 5.84. The van der Waals surface area contributed by atoms with E-state index in [0.717, 1.165) is 0 Å². The SMILES string of the molecule is CC.CNNc1nccnc1Cl. The van der Waals surface area contributed by atoms with E-state index in [1.807, 2.05) is 13.8 Å². The zero-order valence-electron chi connectivity index (χ0n) is 7.43. The minimum atomic E-state index is 0.358. The van der Waals surface area contributed by atoms with Crippen molar-refractivity contribution < 1.29 is 0 Å². The molecule has 1 heterocycles. The van der Waals surface area contributed by atoms with Gasteiger partial charge in [0.15, 0.2) is 11.0 Å². The highest BCUT2D eigenvalue weighted by atomic mass is 35.5. The van der Waals surface area contributed by atoms with E-state index in [1.54, 1.807) is 13.2 Å². The largest absolute Gasteiger partial charge is 0.303 e. The second-order valence-electron chi connectivity index (χ2n) is 1.57. The van der Waals surface area contributed by atoms with Gasteiger partial charge in [-0.1, -0.05) is 25.4 Å². The molecule has 0 fully saturated rings. The second kappa shape index (κ2) is 6.82. The van der Waals surface area contributed by atoms with Gasteiger partial charge >= 0.3 is 0 Å². The number of halogens is 1. The van der Waals surface area contributed by atoms with Crippen molar-refractivity contribution in [3.8, 4) is 0 Å². The molecule has 0 saturated heterocycles. The molecular formula is C7H13ClN4. The van der Waals surface area contributed by atoms with Crippen LogP contribution in [0.3, 0.4) is 0 Å². The minimum Gasteiger partial charge on any atom is -0.303 e. The van der Waals surface area contributed by atoms with Gasteiger partial charge in [0.1, 0.15) is 0 Å². The molecule has 12 heavy (non-hydrogen) atoms. The first-order valence-corrected chi connectivity index (χ1v) is 4.11. The van der Waals surface area contributed by atoms with Crippen LogP contribution in [-0.2, 0) is 0 Å². The Morgan fingerprint density at radius 3 is 2.33 bits per heavy atom. The Balaban J connectivity index is 0.000000561. The smallest absolute Gasteiger partial charge is 0.178 e. The van der Waals surface area contributed by atoms with Crippen molar-refractivity contribution in [3.63, 3.8) is 0 Å². The zero-order valence-corrected chi connectivity index (χ0v) is 8.18. The molecule has 0 spiro atoms. The van der Waals surface area contributed by atoms with Crippen LogP contribution in [0.4, 0.5) is 5.82 Å². The Hall–Kier alpha value is -0.870. The number of rotatable bonds is 2.